The number of aliphatic hydroxyl groups excluding tert-OH is 1. The van der Waals surface area contributed by atoms with Crippen molar-refractivity contribution >= 4 is 21.6 Å². The summed E-state index contributed by atoms with van der Waals surface area (Å²) in [5.41, 5.74) is 0.579. The Kier molecular flexibility index (Phi) is 4.74. The number of hydrogen-bond acceptors (Lipinski definition) is 3. The first-order chi connectivity index (χ1) is 9.36. The van der Waals surface area contributed by atoms with Crippen molar-refractivity contribution in [2.75, 3.05) is 6.54 Å². The van der Waals surface area contributed by atoms with Gasteiger partial charge in [0.2, 0.25) is 10.0 Å². The molecule has 0 bridgehead atoms. The minimum absolute atomic E-state index is 0.0574. The fourth-order valence-corrected chi connectivity index (χ4v) is 4.11. The summed E-state index contributed by atoms with van der Waals surface area (Å²) < 4.78 is 27.2. The van der Waals surface area contributed by atoms with E-state index in [1.54, 1.807) is 0 Å². The summed E-state index contributed by atoms with van der Waals surface area (Å²) in [7, 11) is -3.55. The highest BCUT2D eigenvalue weighted by Crippen LogP contribution is 2.37. The molecular formula is C14H20ClNO3S. The van der Waals surface area contributed by atoms with Gasteiger partial charge < -0.3 is 5.11 Å². The van der Waals surface area contributed by atoms with E-state index in [2.05, 4.69) is 11.6 Å². The molecule has 0 spiro atoms. The highest BCUT2D eigenvalue weighted by molar-refractivity contribution is 7.89. The van der Waals surface area contributed by atoms with Gasteiger partial charge in [0.15, 0.2) is 0 Å². The van der Waals surface area contributed by atoms with Crippen molar-refractivity contribution in [1.82, 2.24) is 4.72 Å². The molecule has 1 aromatic rings. The molecule has 1 aliphatic carbocycles. The van der Waals surface area contributed by atoms with Gasteiger partial charge in [0.1, 0.15) is 0 Å². The largest absolute Gasteiger partial charge is 0.392 e. The summed E-state index contributed by atoms with van der Waals surface area (Å²) in [6.45, 7) is 2.36. The fraction of sp³-hybridized carbons (Fsp3) is 0.571. The molecule has 0 heterocycles. The van der Waals surface area contributed by atoms with Crippen molar-refractivity contribution in [1.29, 1.82) is 0 Å². The zero-order chi connectivity index (χ0) is 14.8. The number of rotatable bonds is 5. The standard InChI is InChI=1S/C14H20ClNO3S/c1-14(6-2-3-7-14)10-16-20(18,19)12-5-4-11(9-17)13(15)8-12/h4-5,8,16-17H,2-3,6-7,9-10H2,1H3. The summed E-state index contributed by atoms with van der Waals surface area (Å²) in [5, 5.41) is 9.31. The summed E-state index contributed by atoms with van der Waals surface area (Å²) in [6, 6.07) is 4.39. The van der Waals surface area contributed by atoms with Gasteiger partial charge in [0.05, 0.1) is 11.5 Å². The lowest BCUT2D eigenvalue weighted by molar-refractivity contribution is 0.282. The van der Waals surface area contributed by atoms with Crippen LogP contribution in [0.1, 0.15) is 38.2 Å². The van der Waals surface area contributed by atoms with Crippen LogP contribution >= 0.6 is 11.6 Å². The second-order valence-electron chi connectivity index (χ2n) is 5.75. The highest BCUT2D eigenvalue weighted by atomic mass is 35.5. The van der Waals surface area contributed by atoms with Crippen LogP contribution in [0, 0.1) is 5.41 Å². The predicted octanol–water partition coefficient (Wildman–Crippen LogP) is 2.69. The van der Waals surface area contributed by atoms with E-state index in [-0.39, 0.29) is 21.9 Å². The molecule has 1 aromatic carbocycles. The van der Waals surface area contributed by atoms with Crippen molar-refractivity contribution in [3.05, 3.63) is 28.8 Å². The summed E-state index contributed by atoms with van der Waals surface area (Å²) in [6.07, 6.45) is 4.43. The van der Waals surface area contributed by atoms with Crippen LogP contribution in [0.4, 0.5) is 0 Å². The summed E-state index contributed by atoms with van der Waals surface area (Å²) >= 11 is 5.94. The first-order valence-electron chi connectivity index (χ1n) is 6.75. The smallest absolute Gasteiger partial charge is 0.240 e. The second kappa shape index (κ2) is 6.02. The minimum Gasteiger partial charge on any atom is -0.392 e. The number of nitrogens with one attached hydrogen (secondary N) is 1. The maximum Gasteiger partial charge on any atom is 0.240 e. The molecule has 0 radical (unpaired) electrons. The molecule has 4 nitrogen and oxygen atoms in total. The molecule has 6 heteroatoms. The van der Waals surface area contributed by atoms with Crippen molar-refractivity contribution in [2.24, 2.45) is 5.41 Å². The van der Waals surface area contributed by atoms with Gasteiger partial charge in [-0.05, 0) is 36.0 Å². The van der Waals surface area contributed by atoms with Gasteiger partial charge in [-0.15, -0.1) is 0 Å². The molecule has 2 rings (SSSR count). The van der Waals surface area contributed by atoms with Crippen molar-refractivity contribution in [2.45, 2.75) is 44.1 Å². The number of hydrogen-bond donors (Lipinski definition) is 2. The van der Waals surface area contributed by atoms with Gasteiger partial charge in [0.25, 0.3) is 0 Å². The molecule has 112 valence electrons. The number of halogens is 1. The lowest BCUT2D eigenvalue weighted by Crippen LogP contribution is -2.34. The van der Waals surface area contributed by atoms with E-state index < -0.39 is 10.0 Å². The highest BCUT2D eigenvalue weighted by Gasteiger charge is 2.30. The van der Waals surface area contributed by atoms with E-state index >= 15 is 0 Å². The Bertz CT molecular complexity index is 580. The Labute approximate surface area is 125 Å². The van der Waals surface area contributed by atoms with Crippen LogP contribution in [0.15, 0.2) is 23.1 Å². The van der Waals surface area contributed by atoms with E-state index in [9.17, 15) is 8.42 Å². The molecule has 2 N–H and O–H groups in total. The maximum absolute atomic E-state index is 12.3. The quantitative estimate of drug-likeness (QED) is 0.877. The SMILES string of the molecule is CC1(CNS(=O)(=O)c2ccc(CO)c(Cl)c2)CCCC1. The topological polar surface area (TPSA) is 66.4 Å². The van der Waals surface area contributed by atoms with Crippen LogP contribution in [0.2, 0.25) is 5.02 Å². The van der Waals surface area contributed by atoms with Crippen LogP contribution < -0.4 is 4.72 Å². The van der Waals surface area contributed by atoms with E-state index in [0.717, 1.165) is 25.7 Å². The molecule has 0 aromatic heterocycles. The maximum atomic E-state index is 12.3. The van der Waals surface area contributed by atoms with Gasteiger partial charge in [-0.2, -0.15) is 0 Å². The molecule has 0 aliphatic heterocycles. The molecule has 1 aliphatic rings. The average molecular weight is 318 g/mol. The molecular weight excluding hydrogens is 298 g/mol. The Morgan fingerprint density at radius 2 is 2.00 bits per heavy atom. The van der Waals surface area contributed by atoms with E-state index in [1.165, 1.54) is 18.2 Å². The predicted molar refractivity (Wildman–Crippen MR) is 79.1 cm³/mol. The molecule has 0 saturated heterocycles. The normalized spacial score (nSPS) is 18.4. The van der Waals surface area contributed by atoms with Gasteiger partial charge in [-0.1, -0.05) is 37.4 Å². The molecule has 0 unspecified atom stereocenters. The van der Waals surface area contributed by atoms with Gasteiger partial charge >= 0.3 is 0 Å². The minimum atomic E-state index is -3.55. The summed E-state index contributed by atoms with van der Waals surface area (Å²) in [5.74, 6) is 0. The lowest BCUT2D eigenvalue weighted by atomic mass is 9.89. The van der Waals surface area contributed by atoms with Gasteiger partial charge in [-0.25, -0.2) is 13.1 Å². The van der Waals surface area contributed by atoms with Crippen molar-refractivity contribution < 1.29 is 13.5 Å². The Hall–Kier alpha value is -0.620. The zero-order valence-electron chi connectivity index (χ0n) is 11.5. The fourth-order valence-electron chi connectivity index (χ4n) is 2.58. The van der Waals surface area contributed by atoms with Crippen molar-refractivity contribution in [3.63, 3.8) is 0 Å². The van der Waals surface area contributed by atoms with Crippen LogP contribution in [-0.2, 0) is 16.6 Å². The van der Waals surface area contributed by atoms with E-state index in [4.69, 9.17) is 16.7 Å². The number of benzene rings is 1. The van der Waals surface area contributed by atoms with Crippen molar-refractivity contribution in [3.8, 4) is 0 Å². The van der Waals surface area contributed by atoms with E-state index in [0.29, 0.717) is 12.1 Å². The molecule has 0 amide bonds. The van der Waals surface area contributed by atoms with Gasteiger partial charge in [0, 0.05) is 11.6 Å². The monoisotopic (exact) mass is 317 g/mol. The van der Waals surface area contributed by atoms with Gasteiger partial charge in [-0.3, -0.25) is 0 Å². The van der Waals surface area contributed by atoms with Crippen LogP contribution in [0.25, 0.3) is 0 Å². The average Bonchev–Trinajstić information content (AvgIpc) is 2.84. The Morgan fingerprint density at radius 1 is 1.35 bits per heavy atom. The van der Waals surface area contributed by atoms with Crippen LogP contribution in [0.3, 0.4) is 0 Å². The van der Waals surface area contributed by atoms with E-state index in [1.807, 2.05) is 0 Å². The third-order valence-corrected chi connectivity index (χ3v) is 5.76. The van der Waals surface area contributed by atoms with Crippen LogP contribution in [0.5, 0.6) is 0 Å². The zero-order valence-corrected chi connectivity index (χ0v) is 13.1. The Morgan fingerprint density at radius 3 is 2.55 bits per heavy atom. The lowest BCUT2D eigenvalue weighted by Gasteiger charge is -2.23. The third-order valence-electron chi connectivity index (χ3n) is 4.00. The third kappa shape index (κ3) is 3.52. The number of sulfonamides is 1. The first kappa shape index (κ1) is 15.8. The Balaban J connectivity index is 2.12. The second-order valence-corrected chi connectivity index (χ2v) is 7.93. The van der Waals surface area contributed by atoms with Crippen LogP contribution in [-0.4, -0.2) is 20.1 Å². The molecule has 0 atom stereocenters. The number of aliphatic hydroxyl groups is 1. The summed E-state index contributed by atoms with van der Waals surface area (Å²) in [4.78, 5) is 0.140. The molecule has 20 heavy (non-hydrogen) atoms. The molecule has 1 saturated carbocycles. The molecule has 1 fully saturated rings. The first-order valence-corrected chi connectivity index (χ1v) is 8.61.